The largest absolute Gasteiger partial charge is 0.303 e. The van der Waals surface area contributed by atoms with Crippen LogP contribution in [0.15, 0.2) is 27.1 Å². The van der Waals surface area contributed by atoms with E-state index in [-0.39, 0.29) is 0 Å². The lowest BCUT2D eigenvalue weighted by molar-refractivity contribution is 0.464. The molecule has 0 radical (unpaired) electrons. The first kappa shape index (κ1) is 14.4. The summed E-state index contributed by atoms with van der Waals surface area (Å²) >= 11 is 0. The highest BCUT2D eigenvalue weighted by molar-refractivity contribution is 5.50. The van der Waals surface area contributed by atoms with Crippen LogP contribution in [0.4, 0.5) is 0 Å². The van der Waals surface area contributed by atoms with E-state index in [1.165, 1.54) is 18.2 Å². The fourth-order valence-corrected chi connectivity index (χ4v) is 1.77. The number of rotatable bonds is 4. The molecule has 0 aromatic heterocycles. The SMILES string of the molecule is Cc1ccc(C(N=C=O)(N=C=O)N=C=O)c(C)c1C. The van der Waals surface area contributed by atoms with E-state index < -0.39 is 5.79 Å². The summed E-state index contributed by atoms with van der Waals surface area (Å²) < 4.78 is 0. The second-order valence-corrected chi connectivity index (χ2v) is 3.92. The van der Waals surface area contributed by atoms with Crippen molar-refractivity contribution in [2.45, 2.75) is 26.6 Å². The van der Waals surface area contributed by atoms with Crippen LogP contribution in [0, 0.1) is 20.8 Å². The van der Waals surface area contributed by atoms with Crippen LogP contribution in [0.2, 0.25) is 0 Å². The molecule has 1 aromatic rings. The molecule has 1 rings (SSSR count). The number of aryl methyl sites for hydroxylation is 1. The van der Waals surface area contributed by atoms with Gasteiger partial charge >= 0.3 is 5.79 Å². The molecule has 0 atom stereocenters. The predicted molar refractivity (Wildman–Crippen MR) is 66.7 cm³/mol. The summed E-state index contributed by atoms with van der Waals surface area (Å²) in [7, 11) is 0. The van der Waals surface area contributed by atoms with Crippen molar-refractivity contribution in [2.75, 3.05) is 0 Å². The van der Waals surface area contributed by atoms with Crippen LogP contribution in [-0.4, -0.2) is 18.2 Å². The maximum Gasteiger partial charge on any atom is 0.303 e. The van der Waals surface area contributed by atoms with Crippen LogP contribution in [0.1, 0.15) is 22.3 Å². The monoisotopic (exact) mass is 257 g/mol. The Bertz CT molecular complexity index is 602. The Morgan fingerprint density at radius 1 is 0.842 bits per heavy atom. The number of nitrogens with zero attached hydrogens (tertiary/aromatic N) is 3. The summed E-state index contributed by atoms with van der Waals surface area (Å²) in [5.41, 5.74) is 2.99. The van der Waals surface area contributed by atoms with Gasteiger partial charge in [-0.2, -0.15) is 0 Å². The molecule has 0 aliphatic rings. The molecular formula is C13H11N3O3. The molecule has 0 saturated heterocycles. The summed E-state index contributed by atoms with van der Waals surface area (Å²) in [6.07, 6.45) is 3.80. The van der Waals surface area contributed by atoms with Gasteiger partial charge in [0, 0.05) is 5.56 Å². The van der Waals surface area contributed by atoms with Crippen molar-refractivity contribution in [1.82, 2.24) is 0 Å². The van der Waals surface area contributed by atoms with Gasteiger partial charge in [0.25, 0.3) is 0 Å². The molecule has 1 aromatic carbocycles. The topological polar surface area (TPSA) is 88.3 Å². The molecule has 6 nitrogen and oxygen atoms in total. The van der Waals surface area contributed by atoms with Crippen molar-refractivity contribution >= 4 is 18.2 Å². The van der Waals surface area contributed by atoms with Crippen LogP contribution < -0.4 is 0 Å². The van der Waals surface area contributed by atoms with E-state index in [0.717, 1.165) is 16.7 Å². The number of hydrogen-bond donors (Lipinski definition) is 0. The van der Waals surface area contributed by atoms with Gasteiger partial charge < -0.3 is 0 Å². The van der Waals surface area contributed by atoms with Gasteiger partial charge in [-0.3, -0.25) is 0 Å². The lowest BCUT2D eigenvalue weighted by atomic mass is 9.95. The van der Waals surface area contributed by atoms with Gasteiger partial charge in [-0.25, -0.2) is 14.4 Å². The van der Waals surface area contributed by atoms with E-state index in [1.54, 1.807) is 19.1 Å². The molecule has 0 amide bonds. The zero-order valence-electron chi connectivity index (χ0n) is 10.7. The number of carbonyl (C=O) groups excluding carboxylic acids is 3. The molecule has 0 aliphatic heterocycles. The van der Waals surface area contributed by atoms with Crippen molar-refractivity contribution in [3.63, 3.8) is 0 Å². The molecule has 0 bridgehead atoms. The Labute approximate surface area is 109 Å². The second kappa shape index (κ2) is 5.80. The van der Waals surface area contributed by atoms with E-state index in [1.807, 2.05) is 13.8 Å². The maximum atomic E-state index is 10.5. The molecule has 0 unspecified atom stereocenters. The lowest BCUT2D eigenvalue weighted by Gasteiger charge is -2.20. The number of hydrogen-bond acceptors (Lipinski definition) is 6. The minimum atomic E-state index is -1.98. The van der Waals surface area contributed by atoms with Crippen molar-refractivity contribution in [1.29, 1.82) is 0 Å². The lowest BCUT2D eigenvalue weighted by Crippen LogP contribution is -2.20. The third kappa shape index (κ3) is 2.62. The molecule has 19 heavy (non-hydrogen) atoms. The normalized spacial score (nSPS) is 12.4. The third-order valence-corrected chi connectivity index (χ3v) is 3.02. The smallest absolute Gasteiger partial charge is 0.211 e. The van der Waals surface area contributed by atoms with Crippen LogP contribution in [0.5, 0.6) is 0 Å². The van der Waals surface area contributed by atoms with Crippen LogP contribution in [0.3, 0.4) is 0 Å². The van der Waals surface area contributed by atoms with Crippen molar-refractivity contribution in [2.24, 2.45) is 15.0 Å². The van der Waals surface area contributed by atoms with Crippen LogP contribution in [-0.2, 0) is 20.2 Å². The van der Waals surface area contributed by atoms with Gasteiger partial charge in [-0.1, -0.05) is 12.1 Å². The summed E-state index contributed by atoms with van der Waals surface area (Å²) in [5, 5.41) is 0. The van der Waals surface area contributed by atoms with Gasteiger partial charge in [0.2, 0.25) is 18.2 Å². The average molecular weight is 257 g/mol. The minimum absolute atomic E-state index is 0.339. The van der Waals surface area contributed by atoms with E-state index >= 15 is 0 Å². The van der Waals surface area contributed by atoms with Gasteiger partial charge in [0.1, 0.15) is 0 Å². The van der Waals surface area contributed by atoms with E-state index in [4.69, 9.17) is 0 Å². The second-order valence-electron chi connectivity index (χ2n) is 3.92. The summed E-state index contributed by atoms with van der Waals surface area (Å²) in [4.78, 5) is 41.7. The number of aliphatic imine (C=N–C) groups is 3. The van der Waals surface area contributed by atoms with Gasteiger partial charge in [0.15, 0.2) is 0 Å². The Morgan fingerprint density at radius 3 is 1.74 bits per heavy atom. The van der Waals surface area contributed by atoms with Crippen LogP contribution >= 0.6 is 0 Å². The molecule has 0 fully saturated rings. The Kier molecular flexibility index (Phi) is 4.41. The third-order valence-electron chi connectivity index (χ3n) is 3.02. The molecule has 0 aliphatic carbocycles. The molecule has 6 heteroatoms. The summed E-state index contributed by atoms with van der Waals surface area (Å²) in [5.74, 6) is -1.98. The molecule has 0 spiro atoms. The van der Waals surface area contributed by atoms with Gasteiger partial charge in [-0.15, -0.1) is 15.0 Å². The number of isocyanates is 3. The predicted octanol–water partition coefficient (Wildman–Crippen LogP) is 1.73. The summed E-state index contributed by atoms with van der Waals surface area (Å²) in [6.45, 7) is 5.52. The standard InChI is InChI=1S/C13H11N3O3/c1-9-4-5-12(11(3)10(9)2)13(14-6-17,15-7-18)16-8-19/h4-5H,1-3H3. The zero-order valence-corrected chi connectivity index (χ0v) is 10.7. The van der Waals surface area contributed by atoms with E-state index in [0.29, 0.717) is 5.56 Å². The fraction of sp³-hybridized carbons (Fsp3) is 0.308. The molecule has 0 heterocycles. The van der Waals surface area contributed by atoms with Crippen LogP contribution in [0.25, 0.3) is 0 Å². The average Bonchev–Trinajstić information content (AvgIpc) is 2.37. The van der Waals surface area contributed by atoms with Crippen molar-refractivity contribution in [3.8, 4) is 0 Å². The van der Waals surface area contributed by atoms with E-state index in [2.05, 4.69) is 15.0 Å². The minimum Gasteiger partial charge on any atom is -0.211 e. The maximum absolute atomic E-state index is 10.5. The first-order valence-electron chi connectivity index (χ1n) is 5.36. The Hall–Kier alpha value is -2.64. The molecule has 0 saturated carbocycles. The fourth-order valence-electron chi connectivity index (χ4n) is 1.77. The van der Waals surface area contributed by atoms with Crippen molar-refractivity contribution < 1.29 is 14.4 Å². The highest BCUT2D eigenvalue weighted by Gasteiger charge is 2.34. The quantitative estimate of drug-likeness (QED) is 0.607. The van der Waals surface area contributed by atoms with Gasteiger partial charge in [0.05, 0.1) is 0 Å². The highest BCUT2D eigenvalue weighted by atomic mass is 16.1. The zero-order chi connectivity index (χ0) is 14.5. The van der Waals surface area contributed by atoms with E-state index in [9.17, 15) is 14.4 Å². The molecular weight excluding hydrogens is 246 g/mol. The highest BCUT2D eigenvalue weighted by Crippen LogP contribution is 2.33. The summed E-state index contributed by atoms with van der Waals surface area (Å²) in [6, 6.07) is 3.35. The Morgan fingerprint density at radius 2 is 1.32 bits per heavy atom. The van der Waals surface area contributed by atoms with Crippen molar-refractivity contribution in [3.05, 3.63) is 34.4 Å². The molecule has 0 N–H and O–H groups in total. The Balaban J connectivity index is 3.76. The molecule has 96 valence electrons. The first-order chi connectivity index (χ1) is 9.02. The van der Waals surface area contributed by atoms with Gasteiger partial charge in [-0.05, 0) is 37.5 Å². The first-order valence-corrected chi connectivity index (χ1v) is 5.36. The number of benzene rings is 1.